The molecule has 1 amide bonds. The summed E-state index contributed by atoms with van der Waals surface area (Å²) in [5.74, 6) is 1.77. The summed E-state index contributed by atoms with van der Waals surface area (Å²) < 4.78 is 2.31. The summed E-state index contributed by atoms with van der Waals surface area (Å²) in [6, 6.07) is 23.4. The van der Waals surface area contributed by atoms with Crippen LogP contribution in [-0.2, 0) is 11.3 Å². The number of rotatable bonds is 5. The number of aryl methyl sites for hydroxylation is 1. The van der Waals surface area contributed by atoms with Crippen molar-refractivity contribution in [3.63, 3.8) is 0 Å². The van der Waals surface area contributed by atoms with E-state index >= 15 is 0 Å². The van der Waals surface area contributed by atoms with Gasteiger partial charge in [-0.3, -0.25) is 4.79 Å². The van der Waals surface area contributed by atoms with Gasteiger partial charge in [0, 0.05) is 31.1 Å². The predicted octanol–water partition coefficient (Wildman–Crippen LogP) is 6.35. The van der Waals surface area contributed by atoms with E-state index in [1.54, 1.807) is 0 Å². The second-order valence-corrected chi connectivity index (χ2v) is 9.57. The van der Waals surface area contributed by atoms with E-state index < -0.39 is 0 Å². The van der Waals surface area contributed by atoms with E-state index in [0.717, 1.165) is 29.1 Å². The lowest BCUT2D eigenvalue weighted by atomic mass is 10.0. The van der Waals surface area contributed by atoms with Crippen molar-refractivity contribution in [1.82, 2.24) is 9.55 Å². The van der Waals surface area contributed by atoms with Crippen LogP contribution >= 0.6 is 0 Å². The molecule has 4 heteroatoms. The molecule has 1 fully saturated rings. The number of amides is 1. The molecule has 33 heavy (non-hydrogen) atoms. The van der Waals surface area contributed by atoms with Crippen molar-refractivity contribution in [2.45, 2.75) is 52.5 Å². The van der Waals surface area contributed by atoms with Gasteiger partial charge in [0.25, 0.3) is 0 Å². The molecule has 0 spiro atoms. The molecule has 1 aliphatic rings. The minimum Gasteiger partial charge on any atom is -0.323 e. The monoisotopic (exact) mass is 437 g/mol. The van der Waals surface area contributed by atoms with Gasteiger partial charge in [0.1, 0.15) is 5.82 Å². The van der Waals surface area contributed by atoms with E-state index in [0.29, 0.717) is 18.9 Å². The zero-order chi connectivity index (χ0) is 23.1. The van der Waals surface area contributed by atoms with E-state index in [9.17, 15) is 4.79 Å². The Morgan fingerprint density at radius 1 is 0.970 bits per heavy atom. The second kappa shape index (κ2) is 8.51. The molecule has 4 nitrogen and oxygen atoms in total. The molecule has 0 saturated carbocycles. The Kier molecular flexibility index (Phi) is 5.53. The Morgan fingerprint density at radius 3 is 2.48 bits per heavy atom. The molecule has 0 bridgehead atoms. The molecular formula is C29H31N3O. The number of carbonyl (C=O) groups excluding carboxylic acids is 1. The van der Waals surface area contributed by atoms with Crippen molar-refractivity contribution in [3.05, 3.63) is 94.8 Å². The Balaban J connectivity index is 1.51. The summed E-state index contributed by atoms with van der Waals surface area (Å²) in [5.41, 5.74) is 8.11. The largest absolute Gasteiger partial charge is 0.323 e. The zero-order valence-electron chi connectivity index (χ0n) is 19.9. The highest BCUT2D eigenvalue weighted by Gasteiger charge is 2.35. The van der Waals surface area contributed by atoms with Gasteiger partial charge in [-0.1, -0.05) is 62.4 Å². The van der Waals surface area contributed by atoms with Crippen LogP contribution in [0.3, 0.4) is 0 Å². The minimum atomic E-state index is 0.0692. The van der Waals surface area contributed by atoms with Gasteiger partial charge in [-0.15, -0.1) is 0 Å². The summed E-state index contributed by atoms with van der Waals surface area (Å²) in [7, 11) is 0. The van der Waals surface area contributed by atoms with Crippen LogP contribution in [0.15, 0.2) is 66.7 Å². The van der Waals surface area contributed by atoms with Crippen LogP contribution in [0.2, 0.25) is 0 Å². The third kappa shape index (κ3) is 3.95. The molecule has 168 valence electrons. The lowest BCUT2D eigenvalue weighted by Gasteiger charge is -2.20. The molecule has 2 heterocycles. The van der Waals surface area contributed by atoms with Gasteiger partial charge in [-0.05, 0) is 60.2 Å². The number of imidazole rings is 1. The quantitative estimate of drug-likeness (QED) is 0.365. The van der Waals surface area contributed by atoms with Gasteiger partial charge in [0.2, 0.25) is 5.91 Å². The first-order chi connectivity index (χ1) is 15.9. The van der Waals surface area contributed by atoms with Crippen molar-refractivity contribution in [1.29, 1.82) is 0 Å². The predicted molar refractivity (Wildman–Crippen MR) is 135 cm³/mol. The molecule has 5 rings (SSSR count). The highest BCUT2D eigenvalue weighted by atomic mass is 16.2. The zero-order valence-corrected chi connectivity index (χ0v) is 19.9. The number of benzene rings is 3. The third-order valence-electron chi connectivity index (χ3n) is 7.03. The van der Waals surface area contributed by atoms with Gasteiger partial charge in [-0.2, -0.15) is 0 Å². The van der Waals surface area contributed by atoms with Crippen LogP contribution in [0, 0.1) is 13.8 Å². The number of aromatic nitrogens is 2. The van der Waals surface area contributed by atoms with Crippen LogP contribution in [-0.4, -0.2) is 22.0 Å². The van der Waals surface area contributed by atoms with E-state index in [-0.39, 0.29) is 11.8 Å². The molecule has 0 radical (unpaired) electrons. The van der Waals surface area contributed by atoms with Gasteiger partial charge in [0.05, 0.1) is 11.0 Å². The van der Waals surface area contributed by atoms with Crippen molar-refractivity contribution in [2.75, 3.05) is 11.4 Å². The average molecular weight is 438 g/mol. The first-order valence-electron chi connectivity index (χ1n) is 11.8. The van der Waals surface area contributed by atoms with Crippen LogP contribution in [0.25, 0.3) is 11.0 Å². The standard InChI is InChI=1S/C29H31N3O/c1-19(2)23-14-12-22(13-15-23)17-32-27-10-6-5-9-25(27)30-29(32)24-16-28(33)31(18-24)26-11-7-8-20(3)21(26)4/h5-15,19,24H,16-18H2,1-4H3. The maximum absolute atomic E-state index is 13.1. The molecule has 4 aromatic rings. The molecule has 0 aliphatic carbocycles. The molecule has 1 unspecified atom stereocenters. The fraction of sp³-hybridized carbons (Fsp3) is 0.310. The highest BCUT2D eigenvalue weighted by Crippen LogP contribution is 2.35. The number of anilines is 1. The number of para-hydroxylation sites is 2. The SMILES string of the molecule is Cc1cccc(N2CC(c3nc4ccccc4n3Cc3ccc(C(C)C)cc3)CC2=O)c1C. The second-order valence-electron chi connectivity index (χ2n) is 9.57. The molecule has 1 atom stereocenters. The Hall–Kier alpha value is -3.40. The van der Waals surface area contributed by atoms with Crippen molar-refractivity contribution < 1.29 is 4.79 Å². The topological polar surface area (TPSA) is 38.1 Å². The number of fused-ring (bicyclic) bond motifs is 1. The summed E-state index contributed by atoms with van der Waals surface area (Å²) in [5, 5.41) is 0. The normalized spacial score (nSPS) is 16.3. The Morgan fingerprint density at radius 2 is 1.73 bits per heavy atom. The lowest BCUT2D eigenvalue weighted by molar-refractivity contribution is -0.117. The lowest BCUT2D eigenvalue weighted by Crippen LogP contribution is -2.25. The molecule has 1 aromatic heterocycles. The minimum absolute atomic E-state index is 0.0692. The van der Waals surface area contributed by atoms with Gasteiger partial charge < -0.3 is 9.47 Å². The van der Waals surface area contributed by atoms with Crippen molar-refractivity contribution in [2.24, 2.45) is 0 Å². The van der Waals surface area contributed by atoms with Crippen LogP contribution in [0.1, 0.15) is 60.2 Å². The third-order valence-corrected chi connectivity index (χ3v) is 7.03. The number of hydrogen-bond acceptors (Lipinski definition) is 2. The maximum Gasteiger partial charge on any atom is 0.227 e. The summed E-state index contributed by atoms with van der Waals surface area (Å²) in [4.78, 5) is 20.1. The summed E-state index contributed by atoms with van der Waals surface area (Å²) in [6.07, 6.45) is 0.489. The molecule has 3 aromatic carbocycles. The van der Waals surface area contributed by atoms with Crippen molar-refractivity contribution in [3.8, 4) is 0 Å². The molecule has 0 N–H and O–H groups in total. The van der Waals surface area contributed by atoms with E-state index in [1.807, 2.05) is 17.0 Å². The summed E-state index contributed by atoms with van der Waals surface area (Å²) in [6.45, 7) is 10.0. The highest BCUT2D eigenvalue weighted by molar-refractivity contribution is 5.97. The fourth-order valence-electron chi connectivity index (χ4n) is 4.90. The van der Waals surface area contributed by atoms with E-state index in [2.05, 4.69) is 86.9 Å². The first kappa shape index (κ1) is 21.4. The van der Waals surface area contributed by atoms with E-state index in [4.69, 9.17) is 4.98 Å². The van der Waals surface area contributed by atoms with Gasteiger partial charge >= 0.3 is 0 Å². The average Bonchev–Trinajstić information content (AvgIpc) is 3.37. The van der Waals surface area contributed by atoms with Gasteiger partial charge in [0.15, 0.2) is 0 Å². The smallest absolute Gasteiger partial charge is 0.227 e. The Labute approximate surface area is 195 Å². The number of hydrogen-bond donors (Lipinski definition) is 0. The number of carbonyl (C=O) groups is 1. The molecule has 1 saturated heterocycles. The number of nitrogens with zero attached hydrogens (tertiary/aromatic N) is 3. The molecular weight excluding hydrogens is 406 g/mol. The van der Waals surface area contributed by atoms with Crippen LogP contribution in [0.5, 0.6) is 0 Å². The van der Waals surface area contributed by atoms with Gasteiger partial charge in [-0.25, -0.2) is 4.98 Å². The summed E-state index contributed by atoms with van der Waals surface area (Å²) >= 11 is 0. The van der Waals surface area contributed by atoms with Crippen molar-refractivity contribution >= 4 is 22.6 Å². The van der Waals surface area contributed by atoms with Crippen LogP contribution < -0.4 is 4.90 Å². The first-order valence-corrected chi connectivity index (χ1v) is 11.8. The Bertz CT molecular complexity index is 1320. The fourth-order valence-corrected chi connectivity index (χ4v) is 4.90. The maximum atomic E-state index is 13.1. The van der Waals surface area contributed by atoms with Crippen LogP contribution in [0.4, 0.5) is 5.69 Å². The van der Waals surface area contributed by atoms with E-state index in [1.165, 1.54) is 22.3 Å². The molecule has 1 aliphatic heterocycles.